The third kappa shape index (κ3) is 3.07. The van der Waals surface area contributed by atoms with Gasteiger partial charge in [-0.3, -0.25) is 4.98 Å². The Kier molecular flexibility index (Phi) is 3.40. The zero-order chi connectivity index (χ0) is 12.1. The monoisotopic (exact) mass is 231 g/mol. The van der Waals surface area contributed by atoms with E-state index in [0.717, 1.165) is 5.69 Å². The van der Waals surface area contributed by atoms with E-state index in [0.29, 0.717) is 12.4 Å². The molecule has 0 spiro atoms. The standard InChI is InChI=1S/C12H13N3O2/c1-15-8-4-6-11(15)17-12(16)14-9-10-5-2-3-7-13-10/h2-8H,9H2,1H3,(H,14,16). The van der Waals surface area contributed by atoms with Gasteiger partial charge >= 0.3 is 6.09 Å². The Labute approximate surface area is 99.0 Å². The first-order valence-corrected chi connectivity index (χ1v) is 5.22. The molecule has 1 amide bonds. The maximum atomic E-state index is 11.5. The zero-order valence-corrected chi connectivity index (χ0v) is 9.46. The molecule has 0 aliphatic carbocycles. The predicted octanol–water partition coefficient (Wildman–Crippen LogP) is 1.71. The van der Waals surface area contributed by atoms with Gasteiger partial charge in [0.05, 0.1) is 12.2 Å². The van der Waals surface area contributed by atoms with Crippen molar-refractivity contribution in [3.8, 4) is 5.88 Å². The molecule has 0 atom stereocenters. The Hall–Kier alpha value is -2.30. The number of aryl methyl sites for hydroxylation is 1. The van der Waals surface area contributed by atoms with Gasteiger partial charge in [0.1, 0.15) is 0 Å². The molecule has 0 saturated heterocycles. The first-order chi connectivity index (χ1) is 8.25. The normalized spacial score (nSPS) is 9.94. The highest BCUT2D eigenvalue weighted by Gasteiger charge is 2.06. The molecule has 0 aromatic carbocycles. The molecule has 5 nitrogen and oxygen atoms in total. The summed E-state index contributed by atoms with van der Waals surface area (Å²) in [6, 6.07) is 9.06. The quantitative estimate of drug-likeness (QED) is 0.874. The van der Waals surface area contributed by atoms with Crippen molar-refractivity contribution in [3.05, 3.63) is 48.4 Å². The van der Waals surface area contributed by atoms with Gasteiger partial charge in [0.25, 0.3) is 0 Å². The summed E-state index contributed by atoms with van der Waals surface area (Å²) in [5.41, 5.74) is 0.788. The fraction of sp³-hybridized carbons (Fsp3) is 0.167. The summed E-state index contributed by atoms with van der Waals surface area (Å²) < 4.78 is 6.81. The number of hydrogen-bond donors (Lipinski definition) is 1. The molecule has 2 aromatic rings. The topological polar surface area (TPSA) is 56.1 Å². The predicted molar refractivity (Wildman–Crippen MR) is 62.5 cm³/mol. The SMILES string of the molecule is Cn1cccc1OC(=O)NCc1ccccn1. The fourth-order valence-corrected chi connectivity index (χ4v) is 1.35. The van der Waals surface area contributed by atoms with Gasteiger partial charge in [0.15, 0.2) is 0 Å². The Morgan fingerprint density at radius 2 is 2.29 bits per heavy atom. The van der Waals surface area contributed by atoms with Gasteiger partial charge in [-0.15, -0.1) is 0 Å². The fourth-order valence-electron chi connectivity index (χ4n) is 1.35. The van der Waals surface area contributed by atoms with Gasteiger partial charge in [-0.05, 0) is 18.2 Å². The summed E-state index contributed by atoms with van der Waals surface area (Å²) in [4.78, 5) is 15.6. The van der Waals surface area contributed by atoms with Crippen LogP contribution in [0.2, 0.25) is 0 Å². The maximum Gasteiger partial charge on any atom is 0.414 e. The Balaban J connectivity index is 1.85. The van der Waals surface area contributed by atoms with Gasteiger partial charge in [0.2, 0.25) is 5.88 Å². The molecule has 0 fully saturated rings. The van der Waals surface area contributed by atoms with E-state index < -0.39 is 6.09 Å². The molecule has 0 bridgehead atoms. The van der Waals surface area contributed by atoms with Crippen LogP contribution in [-0.4, -0.2) is 15.6 Å². The van der Waals surface area contributed by atoms with Crippen molar-refractivity contribution < 1.29 is 9.53 Å². The molecule has 1 N–H and O–H groups in total. The second kappa shape index (κ2) is 5.16. The molecule has 2 aromatic heterocycles. The number of nitrogens with one attached hydrogen (secondary N) is 1. The minimum absolute atomic E-state index is 0.351. The first kappa shape index (κ1) is 11.2. The molecule has 0 aliphatic heterocycles. The van der Waals surface area contributed by atoms with Crippen LogP contribution in [0.5, 0.6) is 5.88 Å². The van der Waals surface area contributed by atoms with E-state index in [-0.39, 0.29) is 0 Å². The molecule has 2 rings (SSSR count). The van der Waals surface area contributed by atoms with E-state index in [9.17, 15) is 4.79 Å². The van der Waals surface area contributed by atoms with Crippen molar-refractivity contribution in [2.45, 2.75) is 6.54 Å². The lowest BCUT2D eigenvalue weighted by Gasteiger charge is -2.06. The third-order valence-corrected chi connectivity index (χ3v) is 2.23. The molecule has 17 heavy (non-hydrogen) atoms. The van der Waals surface area contributed by atoms with Crippen molar-refractivity contribution >= 4 is 6.09 Å². The summed E-state index contributed by atoms with van der Waals surface area (Å²) in [5.74, 6) is 0.503. The molecule has 0 unspecified atom stereocenters. The van der Waals surface area contributed by atoms with Gasteiger partial charge in [-0.25, -0.2) is 4.79 Å². The Morgan fingerprint density at radius 1 is 1.41 bits per heavy atom. The third-order valence-electron chi connectivity index (χ3n) is 2.23. The molecule has 5 heteroatoms. The molecule has 0 aliphatic rings. The largest absolute Gasteiger partial charge is 0.414 e. The lowest BCUT2D eigenvalue weighted by molar-refractivity contribution is 0.196. The van der Waals surface area contributed by atoms with Crippen molar-refractivity contribution in [2.24, 2.45) is 7.05 Å². The van der Waals surface area contributed by atoms with E-state index >= 15 is 0 Å². The minimum Gasteiger partial charge on any atom is -0.393 e. The van der Waals surface area contributed by atoms with Gasteiger partial charge in [0, 0.05) is 25.5 Å². The summed E-state index contributed by atoms with van der Waals surface area (Å²) in [5, 5.41) is 2.63. The minimum atomic E-state index is -0.488. The highest BCUT2D eigenvalue weighted by molar-refractivity contribution is 5.69. The Morgan fingerprint density at radius 3 is 2.94 bits per heavy atom. The zero-order valence-electron chi connectivity index (χ0n) is 9.46. The highest BCUT2D eigenvalue weighted by atomic mass is 16.6. The summed E-state index contributed by atoms with van der Waals surface area (Å²) in [7, 11) is 1.81. The average Bonchev–Trinajstić information content (AvgIpc) is 2.74. The lowest BCUT2D eigenvalue weighted by Crippen LogP contribution is -2.27. The smallest absolute Gasteiger partial charge is 0.393 e. The van der Waals surface area contributed by atoms with Gasteiger partial charge in [-0.2, -0.15) is 0 Å². The van der Waals surface area contributed by atoms with E-state index in [1.807, 2.05) is 18.2 Å². The van der Waals surface area contributed by atoms with Crippen LogP contribution in [0.3, 0.4) is 0 Å². The number of carbonyl (C=O) groups excluding carboxylic acids is 1. The number of carbonyl (C=O) groups is 1. The summed E-state index contributed by atoms with van der Waals surface area (Å²) >= 11 is 0. The second-order valence-corrected chi connectivity index (χ2v) is 3.52. The van der Waals surface area contributed by atoms with Crippen LogP contribution in [0.4, 0.5) is 4.79 Å². The van der Waals surface area contributed by atoms with Crippen LogP contribution in [0.15, 0.2) is 42.7 Å². The van der Waals surface area contributed by atoms with E-state index in [2.05, 4.69) is 10.3 Å². The average molecular weight is 231 g/mol. The highest BCUT2D eigenvalue weighted by Crippen LogP contribution is 2.09. The lowest BCUT2D eigenvalue weighted by atomic mass is 10.3. The first-order valence-electron chi connectivity index (χ1n) is 5.22. The van der Waals surface area contributed by atoms with E-state index in [4.69, 9.17) is 4.74 Å². The van der Waals surface area contributed by atoms with Crippen LogP contribution in [0.25, 0.3) is 0 Å². The molecular formula is C12H13N3O2. The maximum absolute atomic E-state index is 11.5. The Bertz CT molecular complexity index is 493. The van der Waals surface area contributed by atoms with Gasteiger partial charge < -0.3 is 14.6 Å². The van der Waals surface area contributed by atoms with Crippen molar-refractivity contribution in [3.63, 3.8) is 0 Å². The summed E-state index contributed by atoms with van der Waals surface area (Å²) in [6.07, 6.45) is 3.00. The number of aromatic nitrogens is 2. The van der Waals surface area contributed by atoms with Crippen LogP contribution in [0.1, 0.15) is 5.69 Å². The molecule has 0 saturated carbocycles. The van der Waals surface area contributed by atoms with E-state index in [1.54, 1.807) is 36.1 Å². The molecular weight excluding hydrogens is 218 g/mol. The summed E-state index contributed by atoms with van der Waals surface area (Å²) in [6.45, 7) is 0.351. The van der Waals surface area contributed by atoms with Gasteiger partial charge in [-0.1, -0.05) is 6.07 Å². The van der Waals surface area contributed by atoms with Crippen LogP contribution < -0.4 is 10.1 Å². The molecule has 2 heterocycles. The van der Waals surface area contributed by atoms with Crippen molar-refractivity contribution in [1.82, 2.24) is 14.9 Å². The number of rotatable bonds is 3. The number of ether oxygens (including phenoxy) is 1. The second-order valence-electron chi connectivity index (χ2n) is 3.52. The van der Waals surface area contributed by atoms with Crippen molar-refractivity contribution in [2.75, 3.05) is 0 Å². The van der Waals surface area contributed by atoms with Crippen LogP contribution in [0, 0.1) is 0 Å². The van der Waals surface area contributed by atoms with E-state index in [1.165, 1.54) is 0 Å². The molecule has 0 radical (unpaired) electrons. The number of amides is 1. The number of pyridine rings is 1. The molecule has 88 valence electrons. The van der Waals surface area contributed by atoms with Crippen molar-refractivity contribution in [1.29, 1.82) is 0 Å². The number of hydrogen-bond acceptors (Lipinski definition) is 3. The number of nitrogens with zero attached hydrogens (tertiary/aromatic N) is 2. The van der Waals surface area contributed by atoms with Crippen LogP contribution in [-0.2, 0) is 13.6 Å². The van der Waals surface area contributed by atoms with Crippen LogP contribution >= 0.6 is 0 Å².